The van der Waals surface area contributed by atoms with E-state index in [1.807, 2.05) is 18.2 Å². The number of hydrogen-bond donors (Lipinski definition) is 2. The quantitative estimate of drug-likeness (QED) is 0.616. The van der Waals surface area contributed by atoms with Crippen molar-refractivity contribution in [1.82, 2.24) is 5.43 Å². The van der Waals surface area contributed by atoms with Crippen molar-refractivity contribution in [2.75, 3.05) is 27.4 Å². The molecule has 1 aliphatic heterocycles. The topological polar surface area (TPSA) is 65.7 Å². The number of nitrogens with one attached hydrogen (secondary N) is 1. The minimum Gasteiger partial charge on any atom is -0.497 e. The molecule has 1 aromatic carbocycles. The van der Waals surface area contributed by atoms with Crippen LogP contribution in [-0.2, 0) is 4.74 Å². The molecule has 1 aliphatic rings. The molecule has 0 bridgehead atoms. The van der Waals surface area contributed by atoms with E-state index in [2.05, 4.69) is 5.43 Å². The average Bonchev–Trinajstić information content (AvgIpc) is 2.53. The van der Waals surface area contributed by atoms with Gasteiger partial charge in [0.15, 0.2) is 0 Å². The molecule has 0 saturated carbocycles. The van der Waals surface area contributed by atoms with Crippen LogP contribution in [0.15, 0.2) is 18.2 Å². The van der Waals surface area contributed by atoms with Crippen LogP contribution < -0.4 is 20.7 Å². The van der Waals surface area contributed by atoms with Crippen molar-refractivity contribution in [1.29, 1.82) is 0 Å². The van der Waals surface area contributed by atoms with E-state index >= 15 is 0 Å². The molecule has 20 heavy (non-hydrogen) atoms. The predicted molar refractivity (Wildman–Crippen MR) is 77.8 cm³/mol. The molecule has 1 unspecified atom stereocenters. The Morgan fingerprint density at radius 3 is 2.30 bits per heavy atom. The highest BCUT2D eigenvalue weighted by atomic mass is 16.5. The average molecular weight is 280 g/mol. The minimum atomic E-state index is 0.0992. The SMILES string of the molecule is COc1cc(OC)cc(C(CC2CCOCC2)NN)c1. The smallest absolute Gasteiger partial charge is 0.122 e. The molecule has 0 amide bonds. The van der Waals surface area contributed by atoms with Gasteiger partial charge in [-0.05, 0) is 42.9 Å². The normalized spacial score (nSPS) is 17.8. The minimum absolute atomic E-state index is 0.0992. The van der Waals surface area contributed by atoms with Crippen LogP contribution in [0.2, 0.25) is 0 Å². The molecule has 112 valence electrons. The molecule has 0 spiro atoms. The lowest BCUT2D eigenvalue weighted by Crippen LogP contribution is -2.31. The summed E-state index contributed by atoms with van der Waals surface area (Å²) < 4.78 is 16.0. The maximum Gasteiger partial charge on any atom is 0.122 e. The van der Waals surface area contributed by atoms with Crippen LogP contribution in [0.4, 0.5) is 0 Å². The molecule has 0 aliphatic carbocycles. The van der Waals surface area contributed by atoms with Crippen LogP contribution in [0, 0.1) is 5.92 Å². The molecule has 1 saturated heterocycles. The van der Waals surface area contributed by atoms with Gasteiger partial charge in [0, 0.05) is 25.3 Å². The van der Waals surface area contributed by atoms with Gasteiger partial charge in [-0.1, -0.05) is 0 Å². The van der Waals surface area contributed by atoms with E-state index in [0.29, 0.717) is 5.92 Å². The number of hydrogen-bond acceptors (Lipinski definition) is 5. The largest absolute Gasteiger partial charge is 0.497 e. The Morgan fingerprint density at radius 1 is 1.20 bits per heavy atom. The monoisotopic (exact) mass is 280 g/mol. The van der Waals surface area contributed by atoms with Gasteiger partial charge in [-0.15, -0.1) is 0 Å². The first kappa shape index (κ1) is 15.1. The van der Waals surface area contributed by atoms with E-state index in [1.165, 1.54) is 0 Å². The third-order valence-corrected chi connectivity index (χ3v) is 3.89. The molecule has 1 fully saturated rings. The zero-order valence-electron chi connectivity index (χ0n) is 12.2. The van der Waals surface area contributed by atoms with Crippen LogP contribution >= 0.6 is 0 Å². The Labute approximate surface area is 120 Å². The van der Waals surface area contributed by atoms with Crippen LogP contribution in [0.5, 0.6) is 11.5 Å². The van der Waals surface area contributed by atoms with Crippen molar-refractivity contribution in [2.45, 2.75) is 25.3 Å². The molecule has 5 heteroatoms. The molecular weight excluding hydrogens is 256 g/mol. The third-order valence-electron chi connectivity index (χ3n) is 3.89. The lowest BCUT2D eigenvalue weighted by molar-refractivity contribution is 0.0605. The fourth-order valence-electron chi connectivity index (χ4n) is 2.65. The van der Waals surface area contributed by atoms with Crippen molar-refractivity contribution < 1.29 is 14.2 Å². The lowest BCUT2D eigenvalue weighted by atomic mass is 9.89. The number of methoxy groups -OCH3 is 2. The molecule has 1 heterocycles. The highest BCUT2D eigenvalue weighted by Gasteiger charge is 2.20. The summed E-state index contributed by atoms with van der Waals surface area (Å²) in [5.41, 5.74) is 4.01. The summed E-state index contributed by atoms with van der Waals surface area (Å²) in [7, 11) is 3.31. The van der Waals surface area contributed by atoms with Gasteiger partial charge >= 0.3 is 0 Å². The summed E-state index contributed by atoms with van der Waals surface area (Å²) in [5, 5.41) is 0. The van der Waals surface area contributed by atoms with E-state index in [1.54, 1.807) is 14.2 Å². The van der Waals surface area contributed by atoms with Crippen LogP contribution in [-0.4, -0.2) is 27.4 Å². The Hall–Kier alpha value is -1.30. The Kier molecular flexibility index (Phi) is 5.64. The van der Waals surface area contributed by atoms with E-state index < -0.39 is 0 Å². The molecule has 2 rings (SSSR count). The highest BCUT2D eigenvalue weighted by Crippen LogP contribution is 2.31. The summed E-state index contributed by atoms with van der Waals surface area (Å²) in [6, 6.07) is 5.98. The zero-order valence-corrected chi connectivity index (χ0v) is 12.2. The summed E-state index contributed by atoms with van der Waals surface area (Å²) in [5.74, 6) is 7.95. The van der Waals surface area contributed by atoms with Crippen molar-refractivity contribution in [3.05, 3.63) is 23.8 Å². The van der Waals surface area contributed by atoms with Gasteiger partial charge < -0.3 is 14.2 Å². The maximum absolute atomic E-state index is 5.74. The van der Waals surface area contributed by atoms with Gasteiger partial charge in [-0.25, -0.2) is 0 Å². The van der Waals surface area contributed by atoms with Gasteiger partial charge in [-0.2, -0.15) is 0 Å². The number of rotatable bonds is 6. The van der Waals surface area contributed by atoms with E-state index in [9.17, 15) is 0 Å². The van der Waals surface area contributed by atoms with Gasteiger partial charge in [0.05, 0.1) is 14.2 Å². The maximum atomic E-state index is 5.74. The molecule has 5 nitrogen and oxygen atoms in total. The molecule has 0 aromatic heterocycles. The van der Waals surface area contributed by atoms with E-state index in [0.717, 1.165) is 49.5 Å². The fraction of sp³-hybridized carbons (Fsp3) is 0.600. The number of ether oxygens (including phenoxy) is 3. The van der Waals surface area contributed by atoms with Crippen LogP contribution in [0.25, 0.3) is 0 Å². The lowest BCUT2D eigenvalue weighted by Gasteiger charge is -2.27. The Balaban J connectivity index is 2.12. The zero-order chi connectivity index (χ0) is 14.4. The summed E-state index contributed by atoms with van der Waals surface area (Å²) in [6.07, 6.45) is 3.19. The standard InChI is InChI=1S/C15H24N2O3/c1-18-13-8-12(9-14(10-13)19-2)15(17-16)7-11-3-5-20-6-4-11/h8-11,15,17H,3-7,16H2,1-2H3. The molecule has 1 aromatic rings. The first-order chi connectivity index (χ1) is 9.76. The van der Waals surface area contributed by atoms with Gasteiger partial charge in [-0.3, -0.25) is 11.3 Å². The first-order valence-electron chi connectivity index (χ1n) is 7.03. The predicted octanol–water partition coefficient (Wildman–Crippen LogP) is 2.02. The molecular formula is C15H24N2O3. The summed E-state index contributed by atoms with van der Waals surface area (Å²) in [4.78, 5) is 0. The van der Waals surface area contributed by atoms with Crippen molar-refractivity contribution in [3.63, 3.8) is 0 Å². The second-order valence-corrected chi connectivity index (χ2v) is 5.16. The summed E-state index contributed by atoms with van der Waals surface area (Å²) >= 11 is 0. The van der Waals surface area contributed by atoms with Gasteiger partial charge in [0.2, 0.25) is 0 Å². The fourth-order valence-corrected chi connectivity index (χ4v) is 2.65. The second-order valence-electron chi connectivity index (χ2n) is 5.16. The Morgan fingerprint density at radius 2 is 1.80 bits per heavy atom. The van der Waals surface area contributed by atoms with Crippen molar-refractivity contribution in [3.8, 4) is 11.5 Å². The highest BCUT2D eigenvalue weighted by molar-refractivity contribution is 5.39. The number of hydrazine groups is 1. The van der Waals surface area contributed by atoms with Crippen LogP contribution in [0.1, 0.15) is 30.9 Å². The third kappa shape index (κ3) is 3.85. The molecule has 3 N–H and O–H groups in total. The molecule has 0 radical (unpaired) electrons. The number of benzene rings is 1. The van der Waals surface area contributed by atoms with E-state index in [-0.39, 0.29) is 6.04 Å². The van der Waals surface area contributed by atoms with Crippen molar-refractivity contribution >= 4 is 0 Å². The van der Waals surface area contributed by atoms with Gasteiger partial charge in [0.25, 0.3) is 0 Å². The number of nitrogens with two attached hydrogens (primary N) is 1. The first-order valence-corrected chi connectivity index (χ1v) is 7.03. The Bertz CT molecular complexity index is 397. The second kappa shape index (κ2) is 7.47. The van der Waals surface area contributed by atoms with Gasteiger partial charge in [0.1, 0.15) is 11.5 Å². The van der Waals surface area contributed by atoms with E-state index in [4.69, 9.17) is 20.1 Å². The molecule has 1 atom stereocenters. The van der Waals surface area contributed by atoms with Crippen molar-refractivity contribution in [2.24, 2.45) is 11.8 Å². The summed E-state index contributed by atoms with van der Waals surface area (Å²) in [6.45, 7) is 1.70. The van der Waals surface area contributed by atoms with Crippen LogP contribution in [0.3, 0.4) is 0 Å².